The Morgan fingerprint density at radius 2 is 2.10 bits per heavy atom. The van der Waals surface area contributed by atoms with Crippen LogP contribution in [-0.4, -0.2) is 19.7 Å². The highest BCUT2D eigenvalue weighted by Gasteiger charge is 2.05. The number of aryl methyl sites for hydroxylation is 1. The van der Waals surface area contributed by atoms with Gasteiger partial charge in [0, 0.05) is 29.6 Å². The molecular formula is C14H14BrN5. The average molecular weight is 332 g/mol. The number of hydrogen-bond donors (Lipinski definition) is 1. The molecule has 1 aromatic carbocycles. The summed E-state index contributed by atoms with van der Waals surface area (Å²) in [5, 5.41) is 8.72. The largest absolute Gasteiger partial charge is 0.306 e. The van der Waals surface area contributed by atoms with Crippen LogP contribution in [0.1, 0.15) is 11.4 Å². The topological polar surface area (TPSA) is 55.6 Å². The molecule has 0 saturated heterocycles. The lowest BCUT2D eigenvalue weighted by Crippen LogP contribution is -2.14. The van der Waals surface area contributed by atoms with Crippen molar-refractivity contribution in [2.24, 2.45) is 7.05 Å². The van der Waals surface area contributed by atoms with E-state index in [0.717, 1.165) is 27.7 Å². The molecule has 0 fully saturated rings. The van der Waals surface area contributed by atoms with Gasteiger partial charge in [0.15, 0.2) is 5.82 Å². The molecule has 20 heavy (non-hydrogen) atoms. The van der Waals surface area contributed by atoms with Gasteiger partial charge in [-0.25, -0.2) is 4.98 Å². The first-order valence-electron chi connectivity index (χ1n) is 6.31. The number of halogens is 1. The van der Waals surface area contributed by atoms with Crippen molar-refractivity contribution >= 4 is 26.8 Å². The maximum atomic E-state index is 4.47. The fourth-order valence-electron chi connectivity index (χ4n) is 2.11. The molecule has 0 atom stereocenters. The molecular weight excluding hydrogens is 318 g/mol. The van der Waals surface area contributed by atoms with E-state index in [-0.39, 0.29) is 0 Å². The van der Waals surface area contributed by atoms with Gasteiger partial charge in [0.1, 0.15) is 6.33 Å². The summed E-state index contributed by atoms with van der Waals surface area (Å²) in [5.41, 5.74) is 2.18. The molecule has 1 N–H and O–H groups in total. The second-order valence-corrected chi connectivity index (χ2v) is 5.40. The Morgan fingerprint density at radius 1 is 1.20 bits per heavy atom. The fraction of sp³-hybridized carbons (Fsp3) is 0.214. The van der Waals surface area contributed by atoms with Crippen molar-refractivity contribution in [1.82, 2.24) is 25.1 Å². The molecule has 3 aromatic rings. The number of aromatic nitrogens is 4. The van der Waals surface area contributed by atoms with Gasteiger partial charge in [0.25, 0.3) is 0 Å². The maximum Gasteiger partial charge on any atom is 0.164 e. The fourth-order valence-corrected chi connectivity index (χ4v) is 2.57. The molecule has 0 unspecified atom stereocenters. The zero-order valence-corrected chi connectivity index (χ0v) is 12.6. The zero-order valence-electron chi connectivity index (χ0n) is 11.0. The molecule has 0 radical (unpaired) electrons. The van der Waals surface area contributed by atoms with Crippen LogP contribution in [0.2, 0.25) is 0 Å². The van der Waals surface area contributed by atoms with E-state index >= 15 is 0 Å². The van der Waals surface area contributed by atoms with Crippen LogP contribution in [0.25, 0.3) is 10.9 Å². The Hall–Kier alpha value is -1.79. The Bertz CT molecular complexity index is 737. The highest BCUT2D eigenvalue weighted by molar-refractivity contribution is 9.10. The van der Waals surface area contributed by atoms with Crippen molar-refractivity contribution in [2.75, 3.05) is 0 Å². The third-order valence-electron chi connectivity index (χ3n) is 3.05. The van der Waals surface area contributed by atoms with Gasteiger partial charge in [-0.05, 0) is 17.7 Å². The number of hydrogen-bond acceptors (Lipinski definition) is 4. The SMILES string of the molecule is Cn1cnc(CNCc2ccc(Br)c3cccnc23)n1. The van der Waals surface area contributed by atoms with E-state index in [1.165, 1.54) is 5.56 Å². The lowest BCUT2D eigenvalue weighted by molar-refractivity contribution is 0.650. The second-order valence-electron chi connectivity index (χ2n) is 4.54. The molecule has 102 valence electrons. The van der Waals surface area contributed by atoms with Crippen molar-refractivity contribution in [1.29, 1.82) is 0 Å². The van der Waals surface area contributed by atoms with Crippen LogP contribution in [0.5, 0.6) is 0 Å². The smallest absolute Gasteiger partial charge is 0.164 e. The van der Waals surface area contributed by atoms with Crippen molar-refractivity contribution in [3.05, 3.63) is 52.7 Å². The molecule has 6 heteroatoms. The second kappa shape index (κ2) is 5.68. The van der Waals surface area contributed by atoms with Gasteiger partial charge in [-0.1, -0.05) is 28.1 Å². The molecule has 0 bridgehead atoms. The third kappa shape index (κ3) is 2.71. The van der Waals surface area contributed by atoms with Crippen LogP contribution in [0.15, 0.2) is 41.3 Å². The lowest BCUT2D eigenvalue weighted by Gasteiger charge is -2.07. The first-order chi connectivity index (χ1) is 9.74. The predicted octanol–water partition coefficient (Wildman–Crippen LogP) is 2.42. The molecule has 0 spiro atoms. The van der Waals surface area contributed by atoms with E-state index in [2.05, 4.69) is 54.5 Å². The quantitative estimate of drug-likeness (QED) is 0.797. The molecule has 2 heterocycles. The highest BCUT2D eigenvalue weighted by Crippen LogP contribution is 2.25. The summed E-state index contributed by atoms with van der Waals surface area (Å²) >= 11 is 3.56. The van der Waals surface area contributed by atoms with Crippen LogP contribution >= 0.6 is 15.9 Å². The number of fused-ring (bicyclic) bond motifs is 1. The number of rotatable bonds is 4. The van der Waals surface area contributed by atoms with Gasteiger partial charge >= 0.3 is 0 Å². The van der Waals surface area contributed by atoms with Gasteiger partial charge in [0.05, 0.1) is 12.1 Å². The molecule has 0 aliphatic carbocycles. The summed E-state index contributed by atoms with van der Waals surface area (Å²) in [6.45, 7) is 1.38. The van der Waals surface area contributed by atoms with E-state index in [1.54, 1.807) is 11.0 Å². The number of nitrogens with one attached hydrogen (secondary N) is 1. The molecule has 5 nitrogen and oxygen atoms in total. The van der Waals surface area contributed by atoms with Crippen molar-refractivity contribution < 1.29 is 0 Å². The number of nitrogens with zero attached hydrogens (tertiary/aromatic N) is 4. The van der Waals surface area contributed by atoms with E-state index < -0.39 is 0 Å². The van der Waals surface area contributed by atoms with E-state index in [0.29, 0.717) is 6.54 Å². The van der Waals surface area contributed by atoms with Crippen molar-refractivity contribution in [3.63, 3.8) is 0 Å². The summed E-state index contributed by atoms with van der Waals surface area (Å²) < 4.78 is 2.77. The zero-order chi connectivity index (χ0) is 13.9. The number of benzene rings is 1. The predicted molar refractivity (Wildman–Crippen MR) is 81.0 cm³/mol. The van der Waals surface area contributed by atoms with E-state index in [4.69, 9.17) is 0 Å². The Labute approximate surface area is 125 Å². The van der Waals surface area contributed by atoms with Crippen LogP contribution in [0.4, 0.5) is 0 Å². The van der Waals surface area contributed by atoms with Crippen LogP contribution in [0, 0.1) is 0 Å². The minimum Gasteiger partial charge on any atom is -0.306 e. The standard InChI is InChI=1S/C14H14BrN5/c1-20-9-18-13(19-20)8-16-7-10-4-5-12(15)11-3-2-6-17-14(10)11/h2-6,9,16H,7-8H2,1H3. The van der Waals surface area contributed by atoms with Crippen LogP contribution < -0.4 is 5.32 Å². The summed E-state index contributed by atoms with van der Waals surface area (Å²) in [5.74, 6) is 0.793. The van der Waals surface area contributed by atoms with Crippen LogP contribution in [-0.2, 0) is 20.1 Å². The van der Waals surface area contributed by atoms with E-state index in [1.807, 2.05) is 19.3 Å². The normalized spacial score (nSPS) is 11.1. The Morgan fingerprint density at radius 3 is 2.90 bits per heavy atom. The summed E-state index contributed by atoms with van der Waals surface area (Å²) in [6, 6.07) is 8.15. The molecule has 0 amide bonds. The highest BCUT2D eigenvalue weighted by atomic mass is 79.9. The Kier molecular flexibility index (Phi) is 3.75. The Balaban J connectivity index is 1.76. The average Bonchev–Trinajstić information content (AvgIpc) is 2.87. The molecule has 2 aromatic heterocycles. The van der Waals surface area contributed by atoms with E-state index in [9.17, 15) is 0 Å². The lowest BCUT2D eigenvalue weighted by atomic mass is 10.1. The van der Waals surface area contributed by atoms with Crippen molar-refractivity contribution in [2.45, 2.75) is 13.1 Å². The van der Waals surface area contributed by atoms with Crippen molar-refractivity contribution in [3.8, 4) is 0 Å². The van der Waals surface area contributed by atoms with Gasteiger partial charge in [-0.15, -0.1) is 0 Å². The third-order valence-corrected chi connectivity index (χ3v) is 3.74. The minimum absolute atomic E-state index is 0.644. The van der Waals surface area contributed by atoms with Crippen LogP contribution in [0.3, 0.4) is 0 Å². The van der Waals surface area contributed by atoms with Gasteiger partial charge < -0.3 is 5.32 Å². The molecule has 0 aliphatic rings. The first-order valence-corrected chi connectivity index (χ1v) is 7.10. The van der Waals surface area contributed by atoms with Gasteiger partial charge in [-0.2, -0.15) is 5.10 Å². The molecule has 0 aliphatic heterocycles. The number of pyridine rings is 1. The summed E-state index contributed by atoms with van der Waals surface area (Å²) in [7, 11) is 1.86. The summed E-state index contributed by atoms with van der Waals surface area (Å²) in [6.07, 6.45) is 3.52. The maximum absolute atomic E-state index is 4.47. The molecule has 3 rings (SSSR count). The molecule has 0 saturated carbocycles. The van der Waals surface area contributed by atoms with Gasteiger partial charge in [0.2, 0.25) is 0 Å². The van der Waals surface area contributed by atoms with Gasteiger partial charge in [-0.3, -0.25) is 9.67 Å². The minimum atomic E-state index is 0.644. The monoisotopic (exact) mass is 331 g/mol. The first kappa shape index (κ1) is 13.2. The summed E-state index contributed by atoms with van der Waals surface area (Å²) in [4.78, 5) is 8.66.